The van der Waals surface area contributed by atoms with Gasteiger partial charge in [0.1, 0.15) is 0 Å². The van der Waals surface area contributed by atoms with Gasteiger partial charge in [-0.3, -0.25) is 9.79 Å². The summed E-state index contributed by atoms with van der Waals surface area (Å²) in [6.45, 7) is 1.82. The van der Waals surface area contributed by atoms with Gasteiger partial charge in [-0.25, -0.2) is 8.78 Å². The summed E-state index contributed by atoms with van der Waals surface area (Å²) in [4.78, 5) is 15.7. The zero-order valence-corrected chi connectivity index (χ0v) is 10.3. The van der Waals surface area contributed by atoms with Crippen LogP contribution in [-0.4, -0.2) is 28.3 Å². The number of thioether (sulfide) groups is 1. The molecule has 3 nitrogen and oxygen atoms in total. The number of amidine groups is 1. The van der Waals surface area contributed by atoms with E-state index in [1.807, 2.05) is 6.92 Å². The van der Waals surface area contributed by atoms with E-state index in [-0.39, 0.29) is 29.5 Å². The first kappa shape index (κ1) is 11.4. The molecule has 0 aromatic rings. The van der Waals surface area contributed by atoms with Crippen molar-refractivity contribution in [3.05, 3.63) is 0 Å². The average Bonchev–Trinajstić information content (AvgIpc) is 2.81. The summed E-state index contributed by atoms with van der Waals surface area (Å²) < 4.78 is 26.7. The van der Waals surface area contributed by atoms with E-state index >= 15 is 0 Å². The molecule has 2 aliphatic carbocycles. The molecule has 94 valence electrons. The topological polar surface area (TPSA) is 41.5 Å². The number of fused-ring (bicyclic) bond motifs is 2. The van der Waals surface area contributed by atoms with E-state index in [1.54, 1.807) is 0 Å². The highest BCUT2D eigenvalue weighted by molar-refractivity contribution is 8.15. The second-order valence-corrected chi connectivity index (χ2v) is 6.47. The molecule has 2 bridgehead atoms. The van der Waals surface area contributed by atoms with Crippen LogP contribution in [0.4, 0.5) is 8.78 Å². The summed E-state index contributed by atoms with van der Waals surface area (Å²) >= 11 is 1.39. The lowest BCUT2D eigenvalue weighted by Gasteiger charge is -2.25. The molecule has 1 N–H and O–H groups in total. The van der Waals surface area contributed by atoms with Crippen LogP contribution in [0.25, 0.3) is 0 Å². The lowest BCUT2D eigenvalue weighted by atomic mass is 9.93. The predicted molar refractivity (Wildman–Crippen MR) is 62.2 cm³/mol. The minimum absolute atomic E-state index is 0.00379. The monoisotopic (exact) mass is 260 g/mol. The van der Waals surface area contributed by atoms with Crippen LogP contribution in [0.2, 0.25) is 0 Å². The van der Waals surface area contributed by atoms with Crippen LogP contribution < -0.4 is 5.32 Å². The van der Waals surface area contributed by atoms with E-state index < -0.39 is 11.8 Å². The normalized spacial score (nSPS) is 45.6. The SMILES string of the molecule is CC1SC(=NC2CC3CC2CC3(F)F)NC1=O. The maximum Gasteiger partial charge on any atom is 0.251 e. The van der Waals surface area contributed by atoms with Crippen molar-refractivity contribution < 1.29 is 13.6 Å². The fourth-order valence-corrected chi connectivity index (χ4v) is 3.87. The van der Waals surface area contributed by atoms with Gasteiger partial charge in [-0.1, -0.05) is 11.8 Å². The molecular weight excluding hydrogens is 246 g/mol. The van der Waals surface area contributed by atoms with E-state index in [2.05, 4.69) is 10.3 Å². The third kappa shape index (κ3) is 1.86. The van der Waals surface area contributed by atoms with Crippen LogP contribution in [-0.2, 0) is 4.79 Å². The van der Waals surface area contributed by atoms with E-state index in [0.717, 1.165) is 0 Å². The molecule has 1 aliphatic heterocycles. The summed E-state index contributed by atoms with van der Waals surface area (Å²) in [5.74, 6) is -3.03. The quantitative estimate of drug-likeness (QED) is 0.783. The van der Waals surface area contributed by atoms with Crippen molar-refractivity contribution in [1.82, 2.24) is 5.32 Å². The van der Waals surface area contributed by atoms with Crippen LogP contribution in [0.5, 0.6) is 0 Å². The second-order valence-electron chi connectivity index (χ2n) is 5.14. The number of hydrogen-bond donors (Lipinski definition) is 1. The first-order chi connectivity index (χ1) is 7.95. The van der Waals surface area contributed by atoms with Gasteiger partial charge in [0.05, 0.1) is 11.3 Å². The number of hydrogen-bond acceptors (Lipinski definition) is 3. The van der Waals surface area contributed by atoms with Gasteiger partial charge in [0.25, 0.3) is 5.92 Å². The lowest BCUT2D eigenvalue weighted by Crippen LogP contribution is -2.31. The van der Waals surface area contributed by atoms with Gasteiger partial charge in [0.15, 0.2) is 5.17 Å². The highest BCUT2D eigenvalue weighted by Crippen LogP contribution is 2.54. The number of carbonyl (C=O) groups is 1. The summed E-state index contributed by atoms with van der Waals surface area (Å²) in [7, 11) is 0. The largest absolute Gasteiger partial charge is 0.304 e. The summed E-state index contributed by atoms with van der Waals surface area (Å²) in [6, 6.07) is -0.0206. The molecule has 4 unspecified atom stereocenters. The minimum Gasteiger partial charge on any atom is -0.304 e. The molecule has 0 aromatic heterocycles. The van der Waals surface area contributed by atoms with Gasteiger partial charge in [0, 0.05) is 12.3 Å². The molecule has 6 heteroatoms. The molecule has 1 amide bonds. The molecule has 4 atom stereocenters. The summed E-state index contributed by atoms with van der Waals surface area (Å²) in [6.07, 6.45) is 1.02. The number of alkyl halides is 2. The third-order valence-corrected chi connectivity index (χ3v) is 4.96. The first-order valence-corrected chi connectivity index (χ1v) is 6.77. The number of nitrogens with zero attached hydrogens (tertiary/aromatic N) is 1. The Balaban J connectivity index is 1.70. The molecule has 3 aliphatic rings. The Morgan fingerprint density at radius 3 is 2.71 bits per heavy atom. The van der Waals surface area contributed by atoms with E-state index in [4.69, 9.17) is 0 Å². The summed E-state index contributed by atoms with van der Waals surface area (Å²) in [5.41, 5.74) is 0. The van der Waals surface area contributed by atoms with Crippen LogP contribution in [0.1, 0.15) is 26.2 Å². The Morgan fingerprint density at radius 1 is 1.47 bits per heavy atom. The zero-order chi connectivity index (χ0) is 12.2. The van der Waals surface area contributed by atoms with Gasteiger partial charge in [-0.2, -0.15) is 0 Å². The third-order valence-electron chi connectivity index (χ3n) is 3.96. The molecule has 1 saturated heterocycles. The van der Waals surface area contributed by atoms with Gasteiger partial charge in [-0.05, 0) is 25.7 Å². The van der Waals surface area contributed by atoms with Crippen molar-refractivity contribution in [2.45, 2.75) is 43.4 Å². The van der Waals surface area contributed by atoms with Crippen LogP contribution in [0.3, 0.4) is 0 Å². The molecule has 0 spiro atoms. The fourth-order valence-electron chi connectivity index (χ4n) is 3.01. The average molecular weight is 260 g/mol. The zero-order valence-electron chi connectivity index (χ0n) is 9.45. The molecule has 0 aromatic carbocycles. The van der Waals surface area contributed by atoms with Crippen molar-refractivity contribution in [1.29, 1.82) is 0 Å². The highest BCUT2D eigenvalue weighted by Gasteiger charge is 2.56. The van der Waals surface area contributed by atoms with E-state index in [0.29, 0.717) is 18.0 Å². The van der Waals surface area contributed by atoms with Gasteiger partial charge >= 0.3 is 0 Å². The Hall–Kier alpha value is -0.650. The van der Waals surface area contributed by atoms with Crippen molar-refractivity contribution in [3.63, 3.8) is 0 Å². The van der Waals surface area contributed by atoms with Gasteiger partial charge < -0.3 is 5.32 Å². The molecular formula is C11H14F2N2OS. The molecule has 2 saturated carbocycles. The number of carbonyl (C=O) groups excluding carboxylic acids is 1. The van der Waals surface area contributed by atoms with Gasteiger partial charge in [0.2, 0.25) is 5.91 Å². The first-order valence-electron chi connectivity index (χ1n) is 5.89. The number of rotatable bonds is 1. The van der Waals surface area contributed by atoms with E-state index in [1.165, 1.54) is 11.8 Å². The van der Waals surface area contributed by atoms with E-state index in [9.17, 15) is 13.6 Å². The predicted octanol–water partition coefficient (Wildman–Crippen LogP) is 2.03. The molecule has 3 fully saturated rings. The number of amides is 1. The Labute approximate surface area is 102 Å². The van der Waals surface area contributed by atoms with Crippen molar-refractivity contribution >= 4 is 22.8 Å². The highest BCUT2D eigenvalue weighted by atomic mass is 32.2. The maximum atomic E-state index is 13.3. The Kier molecular flexibility index (Phi) is 2.47. The molecule has 0 radical (unpaired) electrons. The van der Waals surface area contributed by atoms with Crippen molar-refractivity contribution in [2.24, 2.45) is 16.8 Å². The lowest BCUT2D eigenvalue weighted by molar-refractivity contribution is -0.118. The molecule has 17 heavy (non-hydrogen) atoms. The van der Waals surface area contributed by atoms with Crippen molar-refractivity contribution in [3.8, 4) is 0 Å². The maximum absolute atomic E-state index is 13.3. The number of aliphatic imine (C=N–C) groups is 1. The van der Waals surface area contributed by atoms with Crippen LogP contribution in [0.15, 0.2) is 4.99 Å². The molecule has 1 heterocycles. The standard InChI is InChI=1S/C11H14F2N2OS/c1-5-9(16)15-10(17-5)14-8-3-7-2-6(8)4-11(7,12)13/h5-8H,2-4H2,1H3,(H,14,15,16). The van der Waals surface area contributed by atoms with Crippen LogP contribution in [0, 0.1) is 11.8 Å². The minimum atomic E-state index is -2.49. The number of halogens is 2. The fraction of sp³-hybridized carbons (Fsp3) is 0.818. The number of nitrogens with one attached hydrogen (secondary N) is 1. The summed E-state index contributed by atoms with van der Waals surface area (Å²) in [5, 5.41) is 3.19. The smallest absolute Gasteiger partial charge is 0.251 e. The Bertz CT molecular complexity index is 399. The van der Waals surface area contributed by atoms with Crippen LogP contribution >= 0.6 is 11.8 Å². The second kappa shape index (κ2) is 3.67. The molecule has 3 rings (SSSR count). The Morgan fingerprint density at radius 2 is 2.24 bits per heavy atom. The van der Waals surface area contributed by atoms with Gasteiger partial charge in [-0.15, -0.1) is 0 Å². The van der Waals surface area contributed by atoms with Crippen molar-refractivity contribution in [2.75, 3.05) is 0 Å².